The first-order valence-electron chi connectivity index (χ1n) is 14.9. The Kier molecular flexibility index (Phi) is 12.2. The molecule has 1 aliphatic rings. The largest absolute Gasteiger partial charge is 0.508 e. The van der Waals surface area contributed by atoms with Crippen molar-refractivity contribution < 1.29 is 27.1 Å². The minimum atomic E-state index is -5.44. The van der Waals surface area contributed by atoms with Crippen LogP contribution in [-0.4, -0.2) is 28.7 Å². The molecule has 0 radical (unpaired) electrons. The quantitative estimate of drug-likeness (QED) is 0.156. The molecule has 0 spiro atoms. The highest BCUT2D eigenvalue weighted by Crippen LogP contribution is 2.50. The molecule has 7 heteroatoms. The number of phenolic OH excluding ortho intramolecular Hbond substituents is 1. The molecule has 1 aliphatic carbocycles. The zero-order chi connectivity index (χ0) is 29.2. The first kappa shape index (κ1) is 32.8. The summed E-state index contributed by atoms with van der Waals surface area (Å²) in [4.78, 5) is 0. The third kappa shape index (κ3) is 9.12. The molecule has 0 saturated heterocycles. The summed E-state index contributed by atoms with van der Waals surface area (Å²) in [6, 6.07) is 14.7. The van der Waals surface area contributed by atoms with Gasteiger partial charge < -0.3 is 5.11 Å². The summed E-state index contributed by atoms with van der Waals surface area (Å²) in [6.07, 6.45) is 5.87. The maximum atomic E-state index is 12.9. The summed E-state index contributed by atoms with van der Waals surface area (Å²) in [5.41, 5.74) is 5.64. The van der Waals surface area contributed by atoms with Crippen LogP contribution in [0.2, 0.25) is 0 Å². The Morgan fingerprint density at radius 3 is 2.08 bits per heavy atom. The zero-order valence-corrected chi connectivity index (χ0v) is 24.8. The van der Waals surface area contributed by atoms with E-state index in [-0.39, 0.29) is 11.8 Å². The van der Waals surface area contributed by atoms with Crippen LogP contribution in [0.5, 0.6) is 5.75 Å². The molecule has 2 unspecified atom stereocenters. The maximum absolute atomic E-state index is 12.9. The fraction of sp³-hybridized carbons (Fsp3) is 0.636. The number of fused-ring (bicyclic) bond motifs is 1. The summed E-state index contributed by atoms with van der Waals surface area (Å²) in [6.45, 7) is 4.55. The number of halogens is 5. The van der Waals surface area contributed by atoms with Crippen LogP contribution < -0.4 is 0 Å². The van der Waals surface area contributed by atoms with Crippen LogP contribution in [0, 0.1) is 6.92 Å². The molecule has 0 fully saturated rings. The Balaban J connectivity index is 1.32. The third-order valence-corrected chi connectivity index (χ3v) is 9.76. The predicted molar refractivity (Wildman–Crippen MR) is 157 cm³/mol. The van der Waals surface area contributed by atoms with E-state index in [0.29, 0.717) is 17.4 Å². The summed E-state index contributed by atoms with van der Waals surface area (Å²) in [5, 5.41) is 9.82. The molecule has 0 aromatic heterocycles. The van der Waals surface area contributed by atoms with Crippen LogP contribution in [0.1, 0.15) is 112 Å². The average Bonchev–Trinajstić information content (AvgIpc) is 2.89. The van der Waals surface area contributed by atoms with Gasteiger partial charge in [-0.15, -0.1) is 0 Å². The van der Waals surface area contributed by atoms with Gasteiger partial charge in [0.05, 0.1) is 0 Å². The predicted octanol–water partition coefficient (Wildman–Crippen LogP) is 10.9. The van der Waals surface area contributed by atoms with Crippen LogP contribution in [0.15, 0.2) is 42.5 Å². The summed E-state index contributed by atoms with van der Waals surface area (Å²) in [5.74, 6) is -2.64. The highest BCUT2D eigenvalue weighted by molar-refractivity contribution is 7.99. The topological polar surface area (TPSA) is 20.2 Å². The Labute approximate surface area is 241 Å². The van der Waals surface area contributed by atoms with Gasteiger partial charge in [0.1, 0.15) is 5.75 Å². The van der Waals surface area contributed by atoms with Gasteiger partial charge in [-0.1, -0.05) is 87.8 Å². The average molecular weight is 585 g/mol. The number of alkyl halides is 5. The van der Waals surface area contributed by atoms with Crippen LogP contribution >= 0.6 is 11.8 Å². The van der Waals surface area contributed by atoms with Crippen molar-refractivity contribution in [1.82, 2.24) is 0 Å². The zero-order valence-electron chi connectivity index (χ0n) is 24.0. The van der Waals surface area contributed by atoms with Crippen LogP contribution in [0.4, 0.5) is 22.0 Å². The van der Waals surface area contributed by atoms with Gasteiger partial charge in [-0.25, -0.2) is 0 Å². The van der Waals surface area contributed by atoms with Crippen molar-refractivity contribution in [3.63, 3.8) is 0 Å². The number of hydrogen-bond acceptors (Lipinski definition) is 2. The summed E-state index contributed by atoms with van der Waals surface area (Å²) < 4.78 is 62.3. The number of aromatic hydroxyl groups is 1. The van der Waals surface area contributed by atoms with E-state index < -0.39 is 18.5 Å². The Morgan fingerprint density at radius 1 is 0.825 bits per heavy atom. The lowest BCUT2D eigenvalue weighted by Gasteiger charge is -2.44. The maximum Gasteiger partial charge on any atom is 0.453 e. The number of thioether (sulfide) groups is 1. The van der Waals surface area contributed by atoms with E-state index in [0.717, 1.165) is 44.3 Å². The van der Waals surface area contributed by atoms with E-state index in [1.54, 1.807) is 12.1 Å². The fourth-order valence-electron chi connectivity index (χ4n) is 6.12. The molecular formula is C33H45F5OS. The monoisotopic (exact) mass is 584 g/mol. The number of unbranched alkanes of at least 4 members (excludes halogenated alkanes) is 7. The van der Waals surface area contributed by atoms with Crippen LogP contribution in [0.3, 0.4) is 0 Å². The lowest BCUT2D eigenvalue weighted by atomic mass is 9.60. The van der Waals surface area contributed by atoms with Gasteiger partial charge in [0.2, 0.25) is 0 Å². The molecule has 2 aromatic rings. The standard InChI is InChI=1S/C33H45F5OS/c1-25-13-18-29-26(24-25)19-21-31(2,27-14-16-28(39)17-15-27)30(29)12-9-7-5-3-4-6-8-10-22-40-23-11-20-32(34,35)33(36,37)38/h13-18,24,30,39H,3-12,19-23H2,1-2H3. The second-order valence-corrected chi connectivity index (χ2v) is 13.0. The minimum absolute atomic E-state index is 0.0488. The van der Waals surface area contributed by atoms with Crippen molar-refractivity contribution in [2.45, 2.75) is 121 Å². The third-order valence-electron chi connectivity index (χ3n) is 8.61. The number of rotatable bonds is 16. The molecule has 40 heavy (non-hydrogen) atoms. The molecule has 1 N–H and O–H groups in total. The lowest BCUT2D eigenvalue weighted by molar-refractivity contribution is -0.284. The molecule has 0 amide bonds. The van der Waals surface area contributed by atoms with Crippen molar-refractivity contribution >= 4 is 11.8 Å². The molecule has 1 nitrogen and oxygen atoms in total. The molecule has 0 bridgehead atoms. The SMILES string of the molecule is Cc1ccc2c(c1)CCC(C)(c1ccc(O)cc1)C2CCCCCCCCCCSCCCC(F)(F)C(F)(F)F. The van der Waals surface area contributed by atoms with Gasteiger partial charge in [-0.3, -0.25) is 0 Å². The van der Waals surface area contributed by atoms with E-state index in [1.807, 2.05) is 0 Å². The van der Waals surface area contributed by atoms with E-state index in [9.17, 15) is 27.1 Å². The van der Waals surface area contributed by atoms with Crippen molar-refractivity contribution in [3.8, 4) is 5.75 Å². The van der Waals surface area contributed by atoms with E-state index in [4.69, 9.17) is 0 Å². The lowest BCUT2D eigenvalue weighted by Crippen LogP contribution is -2.36. The molecular weight excluding hydrogens is 539 g/mol. The van der Waals surface area contributed by atoms with Gasteiger partial charge in [-0.05, 0) is 90.7 Å². The highest BCUT2D eigenvalue weighted by Gasteiger charge is 2.56. The number of phenols is 1. The van der Waals surface area contributed by atoms with Crippen LogP contribution in [0.25, 0.3) is 0 Å². The molecule has 2 atom stereocenters. The van der Waals surface area contributed by atoms with Gasteiger partial charge in [0.25, 0.3) is 0 Å². The Bertz CT molecular complexity index is 1040. The number of aryl methyl sites for hydroxylation is 2. The molecule has 2 aromatic carbocycles. The molecule has 224 valence electrons. The van der Waals surface area contributed by atoms with Gasteiger partial charge in [-0.2, -0.15) is 33.7 Å². The second kappa shape index (κ2) is 14.9. The molecule has 3 rings (SSSR count). The van der Waals surface area contributed by atoms with E-state index in [2.05, 4.69) is 44.2 Å². The van der Waals surface area contributed by atoms with Crippen molar-refractivity contribution in [1.29, 1.82) is 0 Å². The Hall–Kier alpha value is -1.76. The number of benzene rings is 2. The summed E-state index contributed by atoms with van der Waals surface area (Å²) in [7, 11) is 0. The van der Waals surface area contributed by atoms with Crippen molar-refractivity contribution in [3.05, 3.63) is 64.7 Å². The Morgan fingerprint density at radius 2 is 1.43 bits per heavy atom. The van der Waals surface area contributed by atoms with Crippen LogP contribution in [-0.2, 0) is 11.8 Å². The molecule has 0 aliphatic heterocycles. The first-order valence-corrected chi connectivity index (χ1v) is 16.0. The fourth-order valence-corrected chi connectivity index (χ4v) is 7.08. The minimum Gasteiger partial charge on any atom is -0.508 e. The first-order chi connectivity index (χ1) is 18.9. The normalized spacial score (nSPS) is 19.5. The van der Waals surface area contributed by atoms with E-state index in [1.165, 1.54) is 66.1 Å². The van der Waals surface area contributed by atoms with Gasteiger partial charge in [0, 0.05) is 6.42 Å². The molecule has 0 saturated carbocycles. The van der Waals surface area contributed by atoms with Gasteiger partial charge >= 0.3 is 12.1 Å². The van der Waals surface area contributed by atoms with Gasteiger partial charge in [0.15, 0.2) is 0 Å². The highest BCUT2D eigenvalue weighted by atomic mass is 32.2. The number of hydrogen-bond donors (Lipinski definition) is 1. The van der Waals surface area contributed by atoms with Crippen molar-refractivity contribution in [2.75, 3.05) is 11.5 Å². The van der Waals surface area contributed by atoms with E-state index >= 15 is 0 Å². The van der Waals surface area contributed by atoms with Crippen molar-refractivity contribution in [2.24, 2.45) is 0 Å². The second-order valence-electron chi connectivity index (χ2n) is 11.8. The summed E-state index contributed by atoms with van der Waals surface area (Å²) >= 11 is 1.47. The molecule has 0 heterocycles. The smallest absolute Gasteiger partial charge is 0.453 e.